The number of hydrogen-bond donors (Lipinski definition) is 0. The number of aromatic nitrogens is 3. The van der Waals surface area contributed by atoms with Gasteiger partial charge >= 0.3 is 0 Å². The third-order valence-corrected chi connectivity index (χ3v) is 7.38. The molecule has 0 aliphatic heterocycles. The van der Waals surface area contributed by atoms with Gasteiger partial charge in [-0.05, 0) is 48.5 Å². The zero-order valence-corrected chi connectivity index (χ0v) is 22.1. The molecule has 0 unspecified atom stereocenters. The number of nitriles is 3. The molecule has 0 atom stereocenters. The molecule has 42 heavy (non-hydrogen) atoms. The second-order valence-corrected chi connectivity index (χ2v) is 9.79. The second kappa shape index (κ2) is 9.96. The van der Waals surface area contributed by atoms with Crippen molar-refractivity contribution < 1.29 is 0 Å². The van der Waals surface area contributed by atoms with E-state index in [1.165, 1.54) is 0 Å². The van der Waals surface area contributed by atoms with E-state index in [2.05, 4.69) is 18.2 Å². The average molecular weight is 535 g/mol. The molecule has 0 fully saturated rings. The third kappa shape index (κ3) is 3.98. The summed E-state index contributed by atoms with van der Waals surface area (Å²) < 4.78 is 0. The van der Waals surface area contributed by atoms with Crippen LogP contribution in [0.15, 0.2) is 109 Å². The van der Waals surface area contributed by atoms with Gasteiger partial charge in [-0.2, -0.15) is 15.8 Å². The van der Waals surface area contributed by atoms with Gasteiger partial charge in [0.25, 0.3) is 0 Å². The van der Waals surface area contributed by atoms with Gasteiger partial charge in [-0.25, -0.2) is 15.0 Å². The Kier molecular flexibility index (Phi) is 5.83. The lowest BCUT2D eigenvalue weighted by atomic mass is 9.95. The summed E-state index contributed by atoms with van der Waals surface area (Å²) in [5, 5.41) is 31.3. The first-order chi connectivity index (χ1) is 20.7. The molecular formula is C36H18N6. The molecule has 0 aliphatic rings. The van der Waals surface area contributed by atoms with Gasteiger partial charge in [0.2, 0.25) is 0 Å². The minimum absolute atomic E-state index is 0.544. The highest BCUT2D eigenvalue weighted by molar-refractivity contribution is 6.21. The van der Waals surface area contributed by atoms with Crippen molar-refractivity contribution >= 4 is 32.7 Å². The van der Waals surface area contributed by atoms with Gasteiger partial charge < -0.3 is 0 Å². The van der Waals surface area contributed by atoms with Crippen molar-refractivity contribution in [3.63, 3.8) is 0 Å². The third-order valence-electron chi connectivity index (χ3n) is 7.38. The SMILES string of the molecule is N#Cc1ccc(-c2nc3ccc4c(-c5ccccc5C#N)nc5ccccc5c4c3nc2-c2ccc(C#N)cc2)cc1. The summed E-state index contributed by atoms with van der Waals surface area (Å²) in [6.45, 7) is 0. The Hall–Kier alpha value is -6.42. The fourth-order valence-corrected chi connectivity index (χ4v) is 5.36. The summed E-state index contributed by atoms with van der Waals surface area (Å²) in [5.74, 6) is 0. The molecule has 192 valence electrons. The first-order valence-electron chi connectivity index (χ1n) is 13.2. The molecule has 0 spiro atoms. The zero-order valence-electron chi connectivity index (χ0n) is 22.1. The van der Waals surface area contributed by atoms with Crippen LogP contribution in [0, 0.1) is 34.0 Å². The number of rotatable bonds is 3. The van der Waals surface area contributed by atoms with Crippen molar-refractivity contribution in [2.75, 3.05) is 0 Å². The van der Waals surface area contributed by atoms with Gasteiger partial charge in [-0.1, -0.05) is 60.7 Å². The maximum Gasteiger partial charge on any atom is 0.0998 e. The van der Waals surface area contributed by atoms with Crippen LogP contribution in [0.2, 0.25) is 0 Å². The van der Waals surface area contributed by atoms with Gasteiger partial charge in [0, 0.05) is 32.8 Å². The van der Waals surface area contributed by atoms with Crippen molar-refractivity contribution in [3.8, 4) is 52.0 Å². The van der Waals surface area contributed by atoms with Crippen molar-refractivity contribution in [3.05, 3.63) is 126 Å². The van der Waals surface area contributed by atoms with Gasteiger partial charge in [0.15, 0.2) is 0 Å². The van der Waals surface area contributed by atoms with Gasteiger partial charge in [0.1, 0.15) is 0 Å². The smallest absolute Gasteiger partial charge is 0.0998 e. The molecular weight excluding hydrogens is 516 g/mol. The molecule has 2 heterocycles. The van der Waals surface area contributed by atoms with Crippen molar-refractivity contribution in [1.29, 1.82) is 15.8 Å². The molecule has 7 aromatic rings. The summed E-state index contributed by atoms with van der Waals surface area (Å²) in [7, 11) is 0. The van der Waals surface area contributed by atoms with E-state index in [9.17, 15) is 15.8 Å². The van der Waals surface area contributed by atoms with Crippen LogP contribution in [-0.2, 0) is 0 Å². The summed E-state index contributed by atoms with van der Waals surface area (Å²) >= 11 is 0. The lowest BCUT2D eigenvalue weighted by Gasteiger charge is -2.15. The minimum Gasteiger partial charge on any atom is -0.247 e. The van der Waals surface area contributed by atoms with Crippen LogP contribution >= 0.6 is 0 Å². The molecule has 0 amide bonds. The summed E-state index contributed by atoms with van der Waals surface area (Å²) in [5.41, 5.74) is 8.28. The first-order valence-corrected chi connectivity index (χ1v) is 13.2. The molecule has 6 heteroatoms. The molecule has 7 rings (SSSR count). The monoisotopic (exact) mass is 534 g/mol. The number of benzene rings is 5. The second-order valence-electron chi connectivity index (χ2n) is 9.79. The Balaban J connectivity index is 1.61. The lowest BCUT2D eigenvalue weighted by molar-refractivity contribution is 1.30. The fraction of sp³-hybridized carbons (Fsp3) is 0. The number of para-hydroxylation sites is 1. The lowest BCUT2D eigenvalue weighted by Crippen LogP contribution is -1.98. The Morgan fingerprint density at radius 2 is 1.05 bits per heavy atom. The highest BCUT2D eigenvalue weighted by Gasteiger charge is 2.19. The van der Waals surface area contributed by atoms with Gasteiger partial charge in [0.05, 0.1) is 68.5 Å². The normalized spacial score (nSPS) is 10.8. The Labute approximate surface area is 241 Å². The zero-order chi connectivity index (χ0) is 28.6. The van der Waals surface area contributed by atoms with Crippen molar-refractivity contribution in [2.45, 2.75) is 0 Å². The van der Waals surface area contributed by atoms with E-state index in [1.54, 1.807) is 30.3 Å². The van der Waals surface area contributed by atoms with E-state index in [1.807, 2.05) is 78.9 Å². The van der Waals surface area contributed by atoms with E-state index >= 15 is 0 Å². The molecule has 5 aromatic carbocycles. The van der Waals surface area contributed by atoms with E-state index in [0.717, 1.165) is 38.4 Å². The van der Waals surface area contributed by atoms with Crippen LogP contribution in [0.3, 0.4) is 0 Å². The quantitative estimate of drug-likeness (QED) is 0.213. The first kappa shape index (κ1) is 24.6. The Morgan fingerprint density at radius 3 is 1.71 bits per heavy atom. The van der Waals surface area contributed by atoms with E-state index < -0.39 is 0 Å². The van der Waals surface area contributed by atoms with Gasteiger partial charge in [-0.3, -0.25) is 0 Å². The number of fused-ring (bicyclic) bond motifs is 5. The topological polar surface area (TPSA) is 110 Å². The highest BCUT2D eigenvalue weighted by Crippen LogP contribution is 2.39. The van der Waals surface area contributed by atoms with E-state index in [4.69, 9.17) is 15.0 Å². The Bertz CT molecular complexity index is 2320. The number of pyridine rings is 1. The summed E-state index contributed by atoms with van der Waals surface area (Å²) in [6.07, 6.45) is 0. The Morgan fingerprint density at radius 1 is 0.452 bits per heavy atom. The molecule has 0 aliphatic carbocycles. The molecule has 0 saturated carbocycles. The van der Waals surface area contributed by atoms with Gasteiger partial charge in [-0.15, -0.1) is 0 Å². The number of nitrogens with zero attached hydrogens (tertiary/aromatic N) is 6. The largest absolute Gasteiger partial charge is 0.247 e. The van der Waals surface area contributed by atoms with Crippen LogP contribution in [0.1, 0.15) is 16.7 Å². The van der Waals surface area contributed by atoms with Crippen LogP contribution in [0.25, 0.3) is 66.5 Å². The van der Waals surface area contributed by atoms with Crippen LogP contribution in [0.5, 0.6) is 0 Å². The maximum absolute atomic E-state index is 9.87. The standard InChI is InChI=1S/C36H18N6/c37-19-22-9-13-24(14-10-22)33-34(25-15-11-23(20-38)12-16-25)42-36-31(41-33)18-17-29-32(36)28-7-3-4-8-30(28)40-35(29)27-6-2-1-5-26(27)21-39/h1-18H. The molecule has 0 N–H and O–H groups in total. The van der Waals surface area contributed by atoms with E-state index in [0.29, 0.717) is 44.8 Å². The molecule has 0 saturated heterocycles. The molecule has 6 nitrogen and oxygen atoms in total. The van der Waals surface area contributed by atoms with Crippen LogP contribution in [-0.4, -0.2) is 15.0 Å². The molecule has 0 bridgehead atoms. The van der Waals surface area contributed by atoms with Crippen molar-refractivity contribution in [1.82, 2.24) is 15.0 Å². The minimum atomic E-state index is 0.544. The number of hydrogen-bond acceptors (Lipinski definition) is 6. The maximum atomic E-state index is 9.87. The van der Waals surface area contributed by atoms with Crippen LogP contribution < -0.4 is 0 Å². The summed E-state index contributed by atoms with van der Waals surface area (Å²) in [6, 6.07) is 40.5. The van der Waals surface area contributed by atoms with Crippen LogP contribution in [0.4, 0.5) is 0 Å². The summed E-state index contributed by atoms with van der Waals surface area (Å²) in [4.78, 5) is 15.4. The van der Waals surface area contributed by atoms with E-state index in [-0.39, 0.29) is 0 Å². The van der Waals surface area contributed by atoms with Crippen molar-refractivity contribution in [2.24, 2.45) is 0 Å². The predicted molar refractivity (Wildman–Crippen MR) is 163 cm³/mol. The highest BCUT2D eigenvalue weighted by atomic mass is 14.8. The predicted octanol–water partition coefficient (Wildman–Crippen LogP) is 7.95. The average Bonchev–Trinajstić information content (AvgIpc) is 3.07. The molecule has 2 aromatic heterocycles. The molecule has 0 radical (unpaired) electrons. The fourth-order valence-electron chi connectivity index (χ4n) is 5.36.